The molecule has 1 aliphatic heterocycles. The van der Waals surface area contributed by atoms with Crippen LogP contribution in [0.2, 0.25) is 0 Å². The first-order chi connectivity index (χ1) is 13.4. The fourth-order valence-electron chi connectivity index (χ4n) is 2.57. The van der Waals surface area contributed by atoms with E-state index in [1.165, 1.54) is 24.3 Å². The normalized spacial score (nSPS) is 16.3. The van der Waals surface area contributed by atoms with Crippen molar-refractivity contribution in [2.45, 2.75) is 24.3 Å². The molecule has 2 aromatic rings. The molecule has 0 aromatic heterocycles. The molecular weight excluding hydrogens is 386 g/mol. The Hall–Kier alpha value is -3.07. The van der Waals surface area contributed by atoms with Crippen LogP contribution in [0.25, 0.3) is 0 Å². The Morgan fingerprint density at radius 2 is 1.96 bits per heavy atom. The molecule has 0 amide bonds. The van der Waals surface area contributed by atoms with Crippen molar-refractivity contribution in [1.29, 1.82) is 0 Å². The standard InChI is InChI=1S/C19H19NO7S/c1-2-25-15-8-6-14(7-9-15)20-28(23,24)16-5-3-4-13(12-16)18(21)27-17-10-11-26-19(17)22/h3-9,12,17,20H,2,10-11H2,1H3/t17-/m1/s1. The number of ether oxygens (including phenoxy) is 3. The Morgan fingerprint density at radius 1 is 1.21 bits per heavy atom. The third-order valence-corrected chi connectivity index (χ3v) is 5.31. The first kappa shape index (κ1) is 19.7. The molecule has 9 heteroatoms. The quantitative estimate of drug-likeness (QED) is 0.705. The molecule has 1 fully saturated rings. The topological polar surface area (TPSA) is 108 Å². The second-order valence-electron chi connectivity index (χ2n) is 5.94. The van der Waals surface area contributed by atoms with Crippen molar-refractivity contribution in [2.75, 3.05) is 17.9 Å². The highest BCUT2D eigenvalue weighted by molar-refractivity contribution is 7.92. The number of hydrogen-bond acceptors (Lipinski definition) is 7. The van der Waals surface area contributed by atoms with Crippen molar-refractivity contribution >= 4 is 27.6 Å². The van der Waals surface area contributed by atoms with E-state index >= 15 is 0 Å². The largest absolute Gasteiger partial charge is 0.494 e. The zero-order valence-corrected chi connectivity index (χ0v) is 15.9. The Bertz CT molecular complexity index is 970. The van der Waals surface area contributed by atoms with Gasteiger partial charge in [0.15, 0.2) is 0 Å². The van der Waals surface area contributed by atoms with Gasteiger partial charge in [-0.2, -0.15) is 0 Å². The van der Waals surface area contributed by atoms with Crippen LogP contribution in [0, 0.1) is 0 Å². The molecule has 0 bridgehead atoms. The number of nitrogens with one attached hydrogen (secondary N) is 1. The molecule has 148 valence electrons. The Labute approximate surface area is 162 Å². The van der Waals surface area contributed by atoms with Crippen molar-refractivity contribution in [2.24, 2.45) is 0 Å². The molecule has 8 nitrogen and oxygen atoms in total. The van der Waals surface area contributed by atoms with Gasteiger partial charge in [-0.15, -0.1) is 0 Å². The first-order valence-electron chi connectivity index (χ1n) is 8.62. The van der Waals surface area contributed by atoms with E-state index in [-0.39, 0.29) is 23.5 Å². The molecular formula is C19H19NO7S. The Kier molecular flexibility index (Phi) is 5.84. The van der Waals surface area contributed by atoms with Crippen LogP contribution in [0.15, 0.2) is 53.4 Å². The molecule has 0 unspecified atom stereocenters. The van der Waals surface area contributed by atoms with Gasteiger partial charge in [0.2, 0.25) is 6.10 Å². The van der Waals surface area contributed by atoms with Crippen molar-refractivity contribution in [3.63, 3.8) is 0 Å². The van der Waals surface area contributed by atoms with Crippen LogP contribution in [-0.4, -0.2) is 39.7 Å². The highest BCUT2D eigenvalue weighted by atomic mass is 32.2. The number of esters is 2. The monoisotopic (exact) mass is 405 g/mol. The third-order valence-electron chi connectivity index (χ3n) is 3.93. The lowest BCUT2D eigenvalue weighted by Crippen LogP contribution is -2.23. The fraction of sp³-hybridized carbons (Fsp3) is 0.263. The molecule has 28 heavy (non-hydrogen) atoms. The Morgan fingerprint density at radius 3 is 2.61 bits per heavy atom. The maximum Gasteiger partial charge on any atom is 0.347 e. The van der Waals surface area contributed by atoms with Crippen molar-refractivity contribution < 1.29 is 32.2 Å². The summed E-state index contributed by atoms with van der Waals surface area (Å²) < 4.78 is 42.8. The first-order valence-corrected chi connectivity index (χ1v) is 10.1. The number of benzene rings is 2. The lowest BCUT2D eigenvalue weighted by atomic mass is 10.2. The zero-order valence-electron chi connectivity index (χ0n) is 15.1. The van der Waals surface area contributed by atoms with Gasteiger partial charge < -0.3 is 14.2 Å². The van der Waals surface area contributed by atoms with Gasteiger partial charge in [-0.05, 0) is 49.4 Å². The summed E-state index contributed by atoms with van der Waals surface area (Å²) >= 11 is 0. The summed E-state index contributed by atoms with van der Waals surface area (Å²) in [7, 11) is -3.92. The molecule has 0 aliphatic carbocycles. The lowest BCUT2D eigenvalue weighted by molar-refractivity contribution is -0.145. The summed E-state index contributed by atoms with van der Waals surface area (Å²) in [4.78, 5) is 23.5. The molecule has 1 atom stereocenters. The van der Waals surface area contributed by atoms with E-state index < -0.39 is 28.1 Å². The third kappa shape index (κ3) is 4.61. The van der Waals surface area contributed by atoms with Gasteiger partial charge in [0.05, 0.1) is 23.7 Å². The zero-order chi connectivity index (χ0) is 20.1. The predicted molar refractivity (Wildman–Crippen MR) is 99.6 cm³/mol. The van der Waals surface area contributed by atoms with Gasteiger partial charge in [-0.3, -0.25) is 4.72 Å². The van der Waals surface area contributed by atoms with E-state index in [4.69, 9.17) is 14.2 Å². The second kappa shape index (κ2) is 8.30. The van der Waals surface area contributed by atoms with Crippen LogP contribution in [0.1, 0.15) is 23.7 Å². The minimum Gasteiger partial charge on any atom is -0.494 e. The number of sulfonamides is 1. The van der Waals surface area contributed by atoms with E-state index in [0.29, 0.717) is 18.0 Å². The predicted octanol–water partition coefficient (Wildman–Crippen LogP) is 2.36. The summed E-state index contributed by atoms with van der Waals surface area (Å²) in [5.74, 6) is -0.767. The molecule has 1 saturated heterocycles. The number of hydrogen-bond donors (Lipinski definition) is 1. The lowest BCUT2D eigenvalue weighted by Gasteiger charge is -2.11. The highest BCUT2D eigenvalue weighted by Gasteiger charge is 2.30. The van der Waals surface area contributed by atoms with E-state index in [0.717, 1.165) is 0 Å². The fourth-order valence-corrected chi connectivity index (χ4v) is 3.68. The van der Waals surface area contributed by atoms with Crippen molar-refractivity contribution in [1.82, 2.24) is 0 Å². The van der Waals surface area contributed by atoms with Crippen molar-refractivity contribution in [3.05, 3.63) is 54.1 Å². The van der Waals surface area contributed by atoms with Gasteiger partial charge in [-0.25, -0.2) is 18.0 Å². The number of anilines is 1. The van der Waals surface area contributed by atoms with Crippen LogP contribution in [0.4, 0.5) is 5.69 Å². The van der Waals surface area contributed by atoms with E-state index in [2.05, 4.69) is 4.72 Å². The van der Waals surface area contributed by atoms with E-state index in [1.807, 2.05) is 6.92 Å². The Balaban J connectivity index is 1.74. The van der Waals surface area contributed by atoms with E-state index in [9.17, 15) is 18.0 Å². The minimum atomic E-state index is -3.92. The SMILES string of the molecule is CCOc1ccc(NS(=O)(=O)c2cccc(C(=O)O[C@@H]3CCOC3=O)c2)cc1. The average Bonchev–Trinajstić information content (AvgIpc) is 3.08. The molecule has 1 N–H and O–H groups in total. The van der Waals surface area contributed by atoms with Crippen LogP contribution in [0.3, 0.4) is 0 Å². The molecule has 1 heterocycles. The molecule has 2 aromatic carbocycles. The van der Waals surface area contributed by atoms with Crippen LogP contribution >= 0.6 is 0 Å². The van der Waals surface area contributed by atoms with Gasteiger partial charge in [0.1, 0.15) is 5.75 Å². The van der Waals surface area contributed by atoms with Crippen LogP contribution in [0.5, 0.6) is 5.75 Å². The van der Waals surface area contributed by atoms with E-state index in [1.54, 1.807) is 24.3 Å². The molecule has 0 spiro atoms. The second-order valence-corrected chi connectivity index (χ2v) is 7.62. The molecule has 3 rings (SSSR count). The number of cyclic esters (lactones) is 1. The average molecular weight is 405 g/mol. The molecule has 0 saturated carbocycles. The molecule has 1 aliphatic rings. The van der Waals surface area contributed by atoms with Gasteiger partial charge in [0, 0.05) is 12.1 Å². The molecule has 0 radical (unpaired) electrons. The van der Waals surface area contributed by atoms with Gasteiger partial charge in [-0.1, -0.05) is 6.07 Å². The summed E-state index contributed by atoms with van der Waals surface area (Å²) in [6.07, 6.45) is -0.684. The summed E-state index contributed by atoms with van der Waals surface area (Å²) in [5, 5.41) is 0. The summed E-state index contributed by atoms with van der Waals surface area (Å²) in [5.41, 5.74) is 0.374. The van der Waals surface area contributed by atoms with Gasteiger partial charge in [0.25, 0.3) is 10.0 Å². The minimum absolute atomic E-state index is 0.0225. The number of carbonyl (C=O) groups excluding carboxylic acids is 2. The highest BCUT2D eigenvalue weighted by Crippen LogP contribution is 2.21. The smallest absolute Gasteiger partial charge is 0.347 e. The van der Waals surface area contributed by atoms with Crippen molar-refractivity contribution in [3.8, 4) is 5.75 Å². The maximum absolute atomic E-state index is 12.6. The number of rotatable bonds is 7. The van der Waals surface area contributed by atoms with Crippen LogP contribution < -0.4 is 9.46 Å². The number of carbonyl (C=O) groups is 2. The summed E-state index contributed by atoms with van der Waals surface area (Å²) in [6.45, 7) is 2.55. The summed E-state index contributed by atoms with van der Waals surface area (Å²) in [6, 6.07) is 11.8. The van der Waals surface area contributed by atoms with Gasteiger partial charge >= 0.3 is 11.9 Å². The maximum atomic E-state index is 12.6. The van der Waals surface area contributed by atoms with Crippen LogP contribution in [-0.2, 0) is 24.3 Å².